The molecule has 27 heavy (non-hydrogen) atoms. The van der Waals surface area contributed by atoms with Crippen LogP contribution in [-0.2, 0) is 0 Å². The Morgan fingerprint density at radius 1 is 1.07 bits per heavy atom. The van der Waals surface area contributed by atoms with Crippen LogP contribution in [0.2, 0.25) is 0 Å². The number of nitrogens with one attached hydrogen (secondary N) is 1. The minimum atomic E-state index is -0.580. The molecule has 0 aliphatic carbocycles. The van der Waals surface area contributed by atoms with Gasteiger partial charge in [-0.25, -0.2) is 0 Å². The van der Waals surface area contributed by atoms with Crippen molar-refractivity contribution in [3.63, 3.8) is 0 Å². The van der Waals surface area contributed by atoms with Crippen molar-refractivity contribution in [1.82, 2.24) is 19.8 Å². The van der Waals surface area contributed by atoms with Gasteiger partial charge >= 0.3 is 0 Å². The molecule has 2 heterocycles. The van der Waals surface area contributed by atoms with Gasteiger partial charge in [-0.1, -0.05) is 24.3 Å². The molecule has 0 radical (unpaired) electrons. The SMILES string of the molecule is O=C(Nc1cccc(-c2ccc3nncn3n2)c1)c1ccccc1[N+](=O)[O-]. The lowest BCUT2D eigenvalue weighted by Gasteiger charge is -2.08. The number of amides is 1. The molecule has 0 saturated carbocycles. The second-order valence-corrected chi connectivity index (χ2v) is 5.66. The molecule has 9 nitrogen and oxygen atoms in total. The van der Waals surface area contributed by atoms with Gasteiger partial charge in [0.2, 0.25) is 0 Å². The summed E-state index contributed by atoms with van der Waals surface area (Å²) >= 11 is 0. The molecule has 0 aliphatic rings. The van der Waals surface area contributed by atoms with Crippen LogP contribution in [0.25, 0.3) is 16.9 Å². The Bertz CT molecular complexity index is 1170. The number of hydrogen-bond acceptors (Lipinski definition) is 6. The fourth-order valence-electron chi connectivity index (χ4n) is 2.66. The maximum absolute atomic E-state index is 12.5. The number of benzene rings is 2. The van der Waals surface area contributed by atoms with Crippen molar-refractivity contribution >= 4 is 22.9 Å². The molecule has 2 aromatic heterocycles. The van der Waals surface area contributed by atoms with Gasteiger partial charge in [0.15, 0.2) is 5.65 Å². The quantitative estimate of drug-likeness (QED) is 0.442. The monoisotopic (exact) mass is 360 g/mol. The van der Waals surface area contributed by atoms with E-state index in [1.165, 1.54) is 24.5 Å². The van der Waals surface area contributed by atoms with E-state index in [4.69, 9.17) is 0 Å². The van der Waals surface area contributed by atoms with Gasteiger partial charge in [0.25, 0.3) is 11.6 Å². The van der Waals surface area contributed by atoms with Crippen LogP contribution >= 0.6 is 0 Å². The maximum Gasteiger partial charge on any atom is 0.282 e. The van der Waals surface area contributed by atoms with E-state index in [-0.39, 0.29) is 11.3 Å². The maximum atomic E-state index is 12.5. The molecule has 9 heteroatoms. The van der Waals surface area contributed by atoms with E-state index in [9.17, 15) is 14.9 Å². The second kappa shape index (κ2) is 6.64. The number of nitro groups is 1. The predicted octanol–water partition coefficient (Wildman–Crippen LogP) is 2.95. The zero-order valence-electron chi connectivity index (χ0n) is 13.8. The van der Waals surface area contributed by atoms with E-state index < -0.39 is 10.8 Å². The molecule has 0 atom stereocenters. The van der Waals surface area contributed by atoms with E-state index in [1.54, 1.807) is 40.9 Å². The molecule has 132 valence electrons. The van der Waals surface area contributed by atoms with Gasteiger partial charge in [-0.3, -0.25) is 14.9 Å². The topological polar surface area (TPSA) is 115 Å². The normalized spacial score (nSPS) is 10.7. The van der Waals surface area contributed by atoms with Gasteiger partial charge in [-0.2, -0.15) is 9.61 Å². The number of carbonyl (C=O) groups is 1. The average molecular weight is 360 g/mol. The molecule has 0 fully saturated rings. The van der Waals surface area contributed by atoms with Gasteiger partial charge in [-0.15, -0.1) is 10.2 Å². The van der Waals surface area contributed by atoms with Gasteiger partial charge < -0.3 is 5.32 Å². The number of nitro benzene ring substituents is 1. The van der Waals surface area contributed by atoms with E-state index in [0.717, 1.165) is 5.56 Å². The van der Waals surface area contributed by atoms with Crippen LogP contribution in [0.4, 0.5) is 11.4 Å². The molecule has 2 aromatic carbocycles. The lowest BCUT2D eigenvalue weighted by Crippen LogP contribution is -2.13. The van der Waals surface area contributed by atoms with Gasteiger partial charge in [0.1, 0.15) is 11.9 Å². The van der Waals surface area contributed by atoms with Crippen molar-refractivity contribution in [1.29, 1.82) is 0 Å². The summed E-state index contributed by atoms with van der Waals surface area (Å²) < 4.78 is 1.55. The van der Waals surface area contributed by atoms with Crippen molar-refractivity contribution in [3.8, 4) is 11.3 Å². The number of fused-ring (bicyclic) bond motifs is 1. The largest absolute Gasteiger partial charge is 0.322 e. The third-order valence-corrected chi connectivity index (χ3v) is 3.92. The molecule has 1 amide bonds. The van der Waals surface area contributed by atoms with E-state index in [0.29, 0.717) is 17.0 Å². The molecule has 0 bridgehead atoms. The van der Waals surface area contributed by atoms with Crippen molar-refractivity contribution < 1.29 is 9.72 Å². The van der Waals surface area contributed by atoms with Crippen LogP contribution in [0.3, 0.4) is 0 Å². The Morgan fingerprint density at radius 3 is 2.78 bits per heavy atom. The molecular weight excluding hydrogens is 348 g/mol. The zero-order valence-corrected chi connectivity index (χ0v) is 13.8. The lowest BCUT2D eigenvalue weighted by molar-refractivity contribution is -0.385. The molecule has 4 rings (SSSR count). The molecule has 1 N–H and O–H groups in total. The van der Waals surface area contributed by atoms with Crippen LogP contribution in [-0.4, -0.2) is 30.6 Å². The predicted molar refractivity (Wildman–Crippen MR) is 97.3 cm³/mol. The van der Waals surface area contributed by atoms with Crippen LogP contribution < -0.4 is 5.32 Å². The third kappa shape index (κ3) is 3.21. The molecule has 0 spiro atoms. The highest BCUT2D eigenvalue weighted by molar-refractivity contribution is 6.07. The fourth-order valence-corrected chi connectivity index (χ4v) is 2.66. The van der Waals surface area contributed by atoms with Crippen LogP contribution in [0.5, 0.6) is 0 Å². The Hall–Kier alpha value is -4.14. The van der Waals surface area contributed by atoms with Crippen LogP contribution in [0.15, 0.2) is 67.0 Å². The van der Waals surface area contributed by atoms with Gasteiger partial charge in [0.05, 0.1) is 10.6 Å². The van der Waals surface area contributed by atoms with E-state index in [2.05, 4.69) is 20.6 Å². The first-order chi connectivity index (χ1) is 13.1. The third-order valence-electron chi connectivity index (χ3n) is 3.92. The Balaban J connectivity index is 1.63. The summed E-state index contributed by atoms with van der Waals surface area (Å²) in [4.78, 5) is 23.0. The smallest absolute Gasteiger partial charge is 0.282 e. The van der Waals surface area contributed by atoms with Crippen LogP contribution in [0, 0.1) is 10.1 Å². The van der Waals surface area contributed by atoms with Gasteiger partial charge in [0, 0.05) is 17.3 Å². The summed E-state index contributed by atoms with van der Waals surface area (Å²) in [6.07, 6.45) is 1.50. The average Bonchev–Trinajstić information content (AvgIpc) is 3.16. The molecule has 0 saturated heterocycles. The highest BCUT2D eigenvalue weighted by Gasteiger charge is 2.19. The number of rotatable bonds is 4. The number of aromatic nitrogens is 4. The first-order valence-corrected chi connectivity index (χ1v) is 7.94. The lowest BCUT2D eigenvalue weighted by atomic mass is 10.1. The van der Waals surface area contributed by atoms with E-state index in [1.807, 2.05) is 6.07 Å². The first-order valence-electron chi connectivity index (χ1n) is 7.94. The summed E-state index contributed by atoms with van der Waals surface area (Å²) in [6, 6.07) is 16.4. The highest BCUT2D eigenvalue weighted by atomic mass is 16.6. The Kier molecular flexibility index (Phi) is 4.01. The summed E-state index contributed by atoms with van der Waals surface area (Å²) in [6.45, 7) is 0. The van der Waals surface area contributed by atoms with E-state index >= 15 is 0 Å². The van der Waals surface area contributed by atoms with Crippen molar-refractivity contribution in [2.75, 3.05) is 5.32 Å². The number of nitrogens with zero attached hydrogens (tertiary/aromatic N) is 5. The van der Waals surface area contributed by atoms with Gasteiger partial charge in [-0.05, 0) is 30.3 Å². The molecule has 0 aliphatic heterocycles. The number of carbonyl (C=O) groups excluding carboxylic acids is 1. The fraction of sp³-hybridized carbons (Fsp3) is 0. The number of anilines is 1. The Morgan fingerprint density at radius 2 is 1.93 bits per heavy atom. The van der Waals surface area contributed by atoms with Crippen molar-refractivity contribution in [2.45, 2.75) is 0 Å². The van der Waals surface area contributed by atoms with Crippen molar-refractivity contribution in [3.05, 3.63) is 82.7 Å². The molecule has 0 unspecified atom stereocenters. The summed E-state index contributed by atoms with van der Waals surface area (Å²) in [7, 11) is 0. The zero-order chi connectivity index (χ0) is 18.8. The highest BCUT2D eigenvalue weighted by Crippen LogP contribution is 2.23. The van der Waals surface area contributed by atoms with Crippen LogP contribution in [0.1, 0.15) is 10.4 Å². The minimum absolute atomic E-state index is 0.00284. The minimum Gasteiger partial charge on any atom is -0.322 e. The number of para-hydroxylation sites is 1. The second-order valence-electron chi connectivity index (χ2n) is 5.66. The number of hydrogen-bond donors (Lipinski definition) is 1. The summed E-state index contributed by atoms with van der Waals surface area (Å²) in [5.41, 5.74) is 2.32. The Labute approximate surface area is 152 Å². The molecule has 4 aromatic rings. The first kappa shape index (κ1) is 16.3. The molecular formula is C18H12N6O3. The summed E-state index contributed by atoms with van der Waals surface area (Å²) in [5.74, 6) is -0.554. The standard InChI is InChI=1S/C18H12N6O3/c25-18(14-6-1-2-7-16(14)24(26)27)20-13-5-3-4-12(10-13)15-8-9-17-21-19-11-23(17)22-15/h1-11H,(H,20,25). The summed E-state index contributed by atoms with van der Waals surface area (Å²) in [5, 5.41) is 25.9. The van der Waals surface area contributed by atoms with Crippen molar-refractivity contribution in [2.24, 2.45) is 0 Å².